The number of benzene rings is 1. The summed E-state index contributed by atoms with van der Waals surface area (Å²) in [5, 5.41) is 0. The van der Waals surface area contributed by atoms with E-state index in [9.17, 15) is 9.59 Å². The number of amides is 1. The quantitative estimate of drug-likeness (QED) is 0.923. The van der Waals surface area contributed by atoms with Crippen LogP contribution in [0.2, 0.25) is 0 Å². The first-order chi connectivity index (χ1) is 11.1. The number of aromatic nitrogens is 1. The maximum Gasteiger partial charge on any atom is 0.255 e. The molecule has 1 fully saturated rings. The van der Waals surface area contributed by atoms with Crippen LogP contribution in [0.15, 0.2) is 47.4 Å². The fraction of sp³-hybridized carbons (Fsp3) is 0.368. The molecule has 4 nitrogen and oxygen atoms in total. The number of carbonyl (C=O) groups is 1. The molecule has 2 atom stereocenters. The van der Waals surface area contributed by atoms with Gasteiger partial charge in [0.25, 0.3) is 11.5 Å². The van der Waals surface area contributed by atoms with Crippen molar-refractivity contribution in [3.63, 3.8) is 0 Å². The molecular formula is C19H22N2O2. The molecule has 0 bridgehead atoms. The van der Waals surface area contributed by atoms with Gasteiger partial charge in [-0.3, -0.25) is 9.59 Å². The number of carbonyl (C=O) groups excluding carboxylic acids is 1. The van der Waals surface area contributed by atoms with Crippen LogP contribution in [-0.2, 0) is 0 Å². The Hall–Kier alpha value is -2.36. The lowest BCUT2D eigenvalue weighted by molar-refractivity contribution is 0.0510. The zero-order valence-corrected chi connectivity index (χ0v) is 13.6. The molecule has 1 N–H and O–H groups in total. The molecule has 1 aliphatic rings. The third-order valence-corrected chi connectivity index (χ3v) is 4.66. The Kier molecular flexibility index (Phi) is 4.33. The second-order valence-corrected chi connectivity index (χ2v) is 6.34. The molecular weight excluding hydrogens is 288 g/mol. The van der Waals surface area contributed by atoms with Crippen molar-refractivity contribution in [2.75, 3.05) is 0 Å². The minimum Gasteiger partial charge on any atom is -0.333 e. The van der Waals surface area contributed by atoms with Gasteiger partial charge in [-0.05, 0) is 44.7 Å². The number of pyridine rings is 1. The standard InChI is InChI=1S/C19H22N2O2/c1-13-7-6-8-14(2)21(13)19(23)16-11-17(18(22)20-12-16)15-9-4-3-5-10-15/h3-5,9-14H,6-8H2,1-2H3,(H,20,22). The predicted octanol–water partition coefficient (Wildman–Crippen LogP) is 3.45. The molecule has 1 amide bonds. The summed E-state index contributed by atoms with van der Waals surface area (Å²) in [6.45, 7) is 4.19. The summed E-state index contributed by atoms with van der Waals surface area (Å²) < 4.78 is 0. The van der Waals surface area contributed by atoms with Crippen LogP contribution < -0.4 is 5.56 Å². The number of aromatic amines is 1. The first-order valence-electron chi connectivity index (χ1n) is 8.18. The minimum atomic E-state index is -0.174. The molecule has 1 aromatic heterocycles. The molecule has 0 spiro atoms. The summed E-state index contributed by atoms with van der Waals surface area (Å²) >= 11 is 0. The van der Waals surface area contributed by atoms with Crippen LogP contribution in [0.25, 0.3) is 11.1 Å². The summed E-state index contributed by atoms with van der Waals surface area (Å²) in [5.41, 5.74) is 1.73. The molecule has 23 heavy (non-hydrogen) atoms. The Morgan fingerprint density at radius 1 is 1.13 bits per heavy atom. The molecule has 2 aromatic rings. The van der Waals surface area contributed by atoms with E-state index in [1.807, 2.05) is 35.2 Å². The van der Waals surface area contributed by atoms with E-state index >= 15 is 0 Å². The van der Waals surface area contributed by atoms with E-state index in [0.29, 0.717) is 11.1 Å². The molecule has 4 heteroatoms. The number of likely N-dealkylation sites (tertiary alicyclic amines) is 1. The van der Waals surface area contributed by atoms with Gasteiger partial charge in [0.15, 0.2) is 0 Å². The van der Waals surface area contributed by atoms with Gasteiger partial charge in [0.2, 0.25) is 0 Å². The predicted molar refractivity (Wildman–Crippen MR) is 91.4 cm³/mol. The van der Waals surface area contributed by atoms with Crippen molar-refractivity contribution in [2.45, 2.75) is 45.2 Å². The summed E-state index contributed by atoms with van der Waals surface area (Å²) in [4.78, 5) is 29.7. The van der Waals surface area contributed by atoms with Crippen LogP contribution in [0.5, 0.6) is 0 Å². The van der Waals surface area contributed by atoms with Gasteiger partial charge >= 0.3 is 0 Å². The fourth-order valence-corrected chi connectivity index (χ4v) is 3.41. The largest absolute Gasteiger partial charge is 0.333 e. The lowest BCUT2D eigenvalue weighted by Gasteiger charge is -2.39. The highest BCUT2D eigenvalue weighted by atomic mass is 16.2. The van der Waals surface area contributed by atoms with Crippen LogP contribution in [0.1, 0.15) is 43.5 Å². The zero-order valence-electron chi connectivity index (χ0n) is 13.6. The number of nitrogens with one attached hydrogen (secondary N) is 1. The van der Waals surface area contributed by atoms with Crippen LogP contribution in [0.3, 0.4) is 0 Å². The molecule has 0 saturated carbocycles. The molecule has 0 radical (unpaired) electrons. The van der Waals surface area contributed by atoms with Gasteiger partial charge in [0, 0.05) is 23.8 Å². The number of H-pyrrole nitrogens is 1. The van der Waals surface area contributed by atoms with Crippen LogP contribution in [-0.4, -0.2) is 27.9 Å². The van der Waals surface area contributed by atoms with Crippen LogP contribution in [0, 0.1) is 0 Å². The Morgan fingerprint density at radius 3 is 2.43 bits per heavy atom. The Labute approximate surface area is 136 Å². The lowest BCUT2D eigenvalue weighted by atomic mass is 9.96. The summed E-state index contributed by atoms with van der Waals surface area (Å²) in [6.07, 6.45) is 4.76. The van der Waals surface area contributed by atoms with Crippen molar-refractivity contribution in [1.29, 1.82) is 0 Å². The number of piperidine rings is 1. The van der Waals surface area contributed by atoms with Crippen molar-refractivity contribution in [3.05, 3.63) is 58.5 Å². The molecule has 2 unspecified atom stereocenters. The van der Waals surface area contributed by atoms with Gasteiger partial charge in [-0.25, -0.2) is 0 Å². The average Bonchev–Trinajstić information content (AvgIpc) is 2.56. The van der Waals surface area contributed by atoms with Crippen molar-refractivity contribution in [3.8, 4) is 11.1 Å². The van der Waals surface area contributed by atoms with E-state index in [2.05, 4.69) is 18.8 Å². The Balaban J connectivity index is 1.97. The third-order valence-electron chi connectivity index (χ3n) is 4.66. The van der Waals surface area contributed by atoms with Crippen LogP contribution in [0.4, 0.5) is 0 Å². The third kappa shape index (κ3) is 3.07. The summed E-state index contributed by atoms with van der Waals surface area (Å²) in [5.74, 6) is -0.00173. The normalized spacial score (nSPS) is 21.2. The van der Waals surface area contributed by atoms with Gasteiger partial charge in [-0.1, -0.05) is 30.3 Å². The van der Waals surface area contributed by atoms with Crippen molar-refractivity contribution in [1.82, 2.24) is 9.88 Å². The average molecular weight is 310 g/mol. The highest BCUT2D eigenvalue weighted by molar-refractivity contribution is 5.95. The lowest BCUT2D eigenvalue weighted by Crippen LogP contribution is -2.47. The minimum absolute atomic E-state index is 0.00173. The van der Waals surface area contributed by atoms with E-state index in [0.717, 1.165) is 24.8 Å². The summed E-state index contributed by atoms with van der Waals surface area (Å²) in [7, 11) is 0. The summed E-state index contributed by atoms with van der Waals surface area (Å²) in [6, 6.07) is 11.6. The topological polar surface area (TPSA) is 53.2 Å². The van der Waals surface area contributed by atoms with E-state index < -0.39 is 0 Å². The van der Waals surface area contributed by atoms with Gasteiger partial charge in [-0.15, -0.1) is 0 Å². The SMILES string of the molecule is CC1CCCC(C)N1C(=O)c1c[nH]c(=O)c(-c2ccccc2)c1. The molecule has 2 heterocycles. The van der Waals surface area contributed by atoms with Crippen molar-refractivity contribution >= 4 is 5.91 Å². The molecule has 1 aromatic carbocycles. The monoisotopic (exact) mass is 310 g/mol. The van der Waals surface area contributed by atoms with E-state index in [1.165, 1.54) is 6.20 Å². The molecule has 0 aliphatic carbocycles. The second-order valence-electron chi connectivity index (χ2n) is 6.34. The highest BCUT2D eigenvalue weighted by Gasteiger charge is 2.30. The second kappa shape index (κ2) is 6.41. The van der Waals surface area contributed by atoms with Crippen molar-refractivity contribution in [2.24, 2.45) is 0 Å². The van der Waals surface area contributed by atoms with E-state index in [4.69, 9.17) is 0 Å². The zero-order chi connectivity index (χ0) is 16.4. The number of rotatable bonds is 2. The van der Waals surface area contributed by atoms with Crippen molar-refractivity contribution < 1.29 is 4.79 Å². The fourth-order valence-electron chi connectivity index (χ4n) is 3.41. The van der Waals surface area contributed by atoms with E-state index in [1.54, 1.807) is 6.07 Å². The Bertz CT molecular complexity index is 741. The van der Waals surface area contributed by atoms with Gasteiger partial charge in [0.1, 0.15) is 0 Å². The first-order valence-corrected chi connectivity index (χ1v) is 8.18. The molecule has 1 aliphatic heterocycles. The maximum absolute atomic E-state index is 12.9. The van der Waals surface area contributed by atoms with Gasteiger partial charge in [0.05, 0.1) is 5.56 Å². The number of nitrogens with zero attached hydrogens (tertiary/aromatic N) is 1. The number of hydrogen-bond donors (Lipinski definition) is 1. The molecule has 3 rings (SSSR count). The molecule has 120 valence electrons. The van der Waals surface area contributed by atoms with Gasteiger partial charge in [-0.2, -0.15) is 0 Å². The maximum atomic E-state index is 12.9. The smallest absolute Gasteiger partial charge is 0.255 e. The first kappa shape index (κ1) is 15.5. The molecule has 1 saturated heterocycles. The van der Waals surface area contributed by atoms with Gasteiger partial charge < -0.3 is 9.88 Å². The number of hydrogen-bond acceptors (Lipinski definition) is 2. The van der Waals surface area contributed by atoms with E-state index in [-0.39, 0.29) is 23.6 Å². The highest BCUT2D eigenvalue weighted by Crippen LogP contribution is 2.25. The Morgan fingerprint density at radius 2 is 1.78 bits per heavy atom. The van der Waals surface area contributed by atoms with Crippen LogP contribution >= 0.6 is 0 Å².